The Labute approximate surface area is 167 Å². The molecule has 5 nitrogen and oxygen atoms in total. The van der Waals surface area contributed by atoms with Gasteiger partial charge in [-0.2, -0.15) is 0 Å². The molecule has 1 N–H and O–H groups in total. The van der Waals surface area contributed by atoms with E-state index in [0.717, 1.165) is 44.0 Å². The number of hydrogen-bond donors (Lipinski definition) is 1. The molecule has 2 aromatic rings. The Morgan fingerprint density at radius 1 is 0.929 bits per heavy atom. The zero-order chi connectivity index (χ0) is 19.9. The maximum Gasteiger partial charge on any atom is 0.225 e. The maximum absolute atomic E-state index is 12.2. The number of anilines is 2. The van der Waals surface area contributed by atoms with Crippen LogP contribution in [-0.2, 0) is 16.0 Å². The summed E-state index contributed by atoms with van der Waals surface area (Å²) in [5.74, 6) is 0.307. The Hall–Kier alpha value is -2.82. The summed E-state index contributed by atoms with van der Waals surface area (Å²) < 4.78 is 0. The number of piperazine rings is 1. The lowest BCUT2D eigenvalue weighted by molar-refractivity contribution is -0.134. The van der Waals surface area contributed by atoms with Crippen LogP contribution in [0.5, 0.6) is 0 Å². The van der Waals surface area contributed by atoms with E-state index in [0.29, 0.717) is 6.42 Å². The summed E-state index contributed by atoms with van der Waals surface area (Å²) in [5.41, 5.74) is 3.11. The number of hydrogen-bond acceptors (Lipinski definition) is 3. The van der Waals surface area contributed by atoms with Crippen LogP contribution in [0.2, 0.25) is 0 Å². The van der Waals surface area contributed by atoms with E-state index >= 15 is 0 Å². The van der Waals surface area contributed by atoms with Gasteiger partial charge in [0.1, 0.15) is 0 Å². The third-order valence-corrected chi connectivity index (χ3v) is 5.09. The molecule has 0 spiro atoms. The van der Waals surface area contributed by atoms with Crippen LogP contribution in [0.1, 0.15) is 25.8 Å². The van der Waals surface area contributed by atoms with Crippen LogP contribution in [-0.4, -0.2) is 42.9 Å². The summed E-state index contributed by atoms with van der Waals surface area (Å²) in [6, 6.07) is 18.0. The molecule has 148 valence electrons. The first-order chi connectivity index (χ1) is 13.5. The quantitative estimate of drug-likeness (QED) is 0.835. The van der Waals surface area contributed by atoms with E-state index in [-0.39, 0.29) is 17.7 Å². The summed E-state index contributed by atoms with van der Waals surface area (Å²) in [5, 5.41) is 2.97. The molecular weight excluding hydrogens is 350 g/mol. The van der Waals surface area contributed by atoms with Crippen molar-refractivity contribution in [3.8, 4) is 0 Å². The van der Waals surface area contributed by atoms with E-state index in [2.05, 4.69) is 10.2 Å². The minimum Gasteiger partial charge on any atom is -0.368 e. The number of aryl methyl sites for hydroxylation is 1. The van der Waals surface area contributed by atoms with Crippen LogP contribution in [0.25, 0.3) is 0 Å². The van der Waals surface area contributed by atoms with Crippen molar-refractivity contribution in [1.82, 2.24) is 4.90 Å². The van der Waals surface area contributed by atoms with E-state index in [1.165, 1.54) is 5.56 Å². The average molecular weight is 380 g/mol. The van der Waals surface area contributed by atoms with Crippen molar-refractivity contribution in [3.63, 3.8) is 0 Å². The summed E-state index contributed by atoms with van der Waals surface area (Å²) in [7, 11) is 0. The topological polar surface area (TPSA) is 52.7 Å². The number of carbonyl (C=O) groups is 2. The largest absolute Gasteiger partial charge is 0.368 e. The highest BCUT2D eigenvalue weighted by Gasteiger charge is 2.22. The molecule has 28 heavy (non-hydrogen) atoms. The molecule has 0 bridgehead atoms. The van der Waals surface area contributed by atoms with E-state index in [9.17, 15) is 9.59 Å². The molecule has 0 aromatic heterocycles. The summed E-state index contributed by atoms with van der Waals surface area (Å²) in [4.78, 5) is 28.5. The van der Waals surface area contributed by atoms with E-state index in [1.54, 1.807) is 0 Å². The lowest BCUT2D eigenvalue weighted by Gasteiger charge is -2.37. The predicted octanol–water partition coefficient (Wildman–Crippen LogP) is 3.56. The highest BCUT2D eigenvalue weighted by molar-refractivity contribution is 5.91. The number of benzene rings is 2. The smallest absolute Gasteiger partial charge is 0.225 e. The molecule has 1 heterocycles. The molecule has 0 unspecified atom stereocenters. The molecule has 1 saturated heterocycles. The van der Waals surface area contributed by atoms with Crippen molar-refractivity contribution in [1.29, 1.82) is 0 Å². The highest BCUT2D eigenvalue weighted by Crippen LogP contribution is 2.20. The average Bonchev–Trinajstić information content (AvgIpc) is 2.73. The van der Waals surface area contributed by atoms with Gasteiger partial charge in [-0.05, 0) is 36.2 Å². The standard InChI is InChI=1S/C23H29N3O2/c1-18(2)23(28)26-16-14-25(15-17-26)21-11-9-20(10-12-21)24-22(27)13-8-19-6-4-3-5-7-19/h3-7,9-12,18H,8,13-17H2,1-2H3,(H,24,27). The molecule has 0 radical (unpaired) electrons. The Morgan fingerprint density at radius 2 is 1.57 bits per heavy atom. The Balaban J connectivity index is 1.47. The van der Waals surface area contributed by atoms with Crippen LogP contribution in [0.15, 0.2) is 54.6 Å². The zero-order valence-corrected chi connectivity index (χ0v) is 16.7. The molecule has 1 fully saturated rings. The molecule has 1 aliphatic rings. The van der Waals surface area contributed by atoms with Gasteiger partial charge < -0.3 is 15.1 Å². The fourth-order valence-electron chi connectivity index (χ4n) is 3.43. The molecule has 2 aromatic carbocycles. The summed E-state index contributed by atoms with van der Waals surface area (Å²) in [6.07, 6.45) is 1.21. The van der Waals surface area contributed by atoms with Crippen LogP contribution in [0, 0.1) is 5.92 Å². The normalized spacial score (nSPS) is 14.2. The second-order valence-electron chi connectivity index (χ2n) is 7.55. The molecule has 0 atom stereocenters. The fourth-order valence-corrected chi connectivity index (χ4v) is 3.43. The second-order valence-corrected chi connectivity index (χ2v) is 7.55. The predicted molar refractivity (Wildman–Crippen MR) is 113 cm³/mol. The first-order valence-electron chi connectivity index (χ1n) is 10.0. The lowest BCUT2D eigenvalue weighted by atomic mass is 10.1. The third-order valence-electron chi connectivity index (χ3n) is 5.09. The van der Waals surface area contributed by atoms with Crippen molar-refractivity contribution < 1.29 is 9.59 Å². The first-order valence-corrected chi connectivity index (χ1v) is 10.0. The first kappa shape index (κ1) is 19.9. The highest BCUT2D eigenvalue weighted by atomic mass is 16.2. The molecule has 0 saturated carbocycles. The van der Waals surface area contributed by atoms with Crippen LogP contribution in [0.4, 0.5) is 11.4 Å². The van der Waals surface area contributed by atoms with E-state index < -0.39 is 0 Å². The van der Waals surface area contributed by atoms with Gasteiger partial charge in [-0.15, -0.1) is 0 Å². The van der Waals surface area contributed by atoms with Gasteiger partial charge in [0.25, 0.3) is 0 Å². The van der Waals surface area contributed by atoms with Crippen LogP contribution < -0.4 is 10.2 Å². The molecule has 2 amide bonds. The molecular formula is C23H29N3O2. The Bertz CT molecular complexity index is 779. The molecule has 3 rings (SSSR count). The van der Waals surface area contributed by atoms with Gasteiger partial charge in [-0.3, -0.25) is 9.59 Å². The van der Waals surface area contributed by atoms with Crippen LogP contribution in [0.3, 0.4) is 0 Å². The minimum atomic E-state index is 0.0254. The molecule has 5 heteroatoms. The van der Waals surface area contributed by atoms with Crippen molar-refractivity contribution >= 4 is 23.2 Å². The van der Waals surface area contributed by atoms with Crippen molar-refractivity contribution in [3.05, 3.63) is 60.2 Å². The van der Waals surface area contributed by atoms with E-state index in [4.69, 9.17) is 0 Å². The zero-order valence-electron chi connectivity index (χ0n) is 16.7. The molecule has 1 aliphatic heterocycles. The van der Waals surface area contributed by atoms with Gasteiger partial charge in [-0.25, -0.2) is 0 Å². The van der Waals surface area contributed by atoms with Crippen molar-refractivity contribution in [2.75, 3.05) is 36.4 Å². The Kier molecular flexibility index (Phi) is 6.69. The van der Waals surface area contributed by atoms with E-state index in [1.807, 2.05) is 73.3 Å². The monoisotopic (exact) mass is 379 g/mol. The number of carbonyl (C=O) groups excluding carboxylic acids is 2. The SMILES string of the molecule is CC(C)C(=O)N1CCN(c2ccc(NC(=O)CCc3ccccc3)cc2)CC1. The number of rotatable bonds is 6. The van der Waals surface area contributed by atoms with Crippen LogP contribution >= 0.6 is 0 Å². The van der Waals surface area contributed by atoms with Gasteiger partial charge >= 0.3 is 0 Å². The van der Waals surface area contributed by atoms with Gasteiger partial charge in [-0.1, -0.05) is 44.2 Å². The van der Waals surface area contributed by atoms with Gasteiger partial charge in [0.15, 0.2) is 0 Å². The van der Waals surface area contributed by atoms with Crippen molar-refractivity contribution in [2.24, 2.45) is 5.92 Å². The van der Waals surface area contributed by atoms with Gasteiger partial charge in [0.2, 0.25) is 11.8 Å². The lowest BCUT2D eigenvalue weighted by Crippen LogP contribution is -2.49. The number of amides is 2. The maximum atomic E-state index is 12.2. The number of nitrogens with zero attached hydrogens (tertiary/aromatic N) is 2. The minimum absolute atomic E-state index is 0.0254. The summed E-state index contributed by atoms with van der Waals surface area (Å²) >= 11 is 0. The van der Waals surface area contributed by atoms with Gasteiger partial charge in [0, 0.05) is 49.9 Å². The second kappa shape index (κ2) is 9.40. The number of nitrogens with one attached hydrogen (secondary N) is 1. The van der Waals surface area contributed by atoms with Crippen molar-refractivity contribution in [2.45, 2.75) is 26.7 Å². The van der Waals surface area contributed by atoms with Gasteiger partial charge in [0.05, 0.1) is 0 Å². The molecule has 0 aliphatic carbocycles. The Morgan fingerprint density at radius 3 is 2.18 bits per heavy atom. The fraction of sp³-hybridized carbons (Fsp3) is 0.391. The third kappa shape index (κ3) is 5.35. The summed E-state index contributed by atoms with van der Waals surface area (Å²) in [6.45, 7) is 7.08.